The molecule has 0 unspecified atom stereocenters. The van der Waals surface area contributed by atoms with E-state index in [2.05, 4.69) is 32.2 Å². The second-order valence-electron chi connectivity index (χ2n) is 3.14. The summed E-state index contributed by atoms with van der Waals surface area (Å²) in [4.78, 5) is 3.91. The maximum atomic E-state index is 4.62. The molecular formula is C9H12N4O. The third-order valence-corrected chi connectivity index (χ3v) is 1.91. The Hall–Kier alpha value is -1.62. The van der Waals surface area contributed by atoms with Crippen molar-refractivity contribution >= 4 is 0 Å². The van der Waals surface area contributed by atoms with Gasteiger partial charge in [0.2, 0.25) is 6.39 Å². The Morgan fingerprint density at radius 1 is 1.50 bits per heavy atom. The van der Waals surface area contributed by atoms with Crippen LogP contribution in [0.4, 0.5) is 0 Å². The summed E-state index contributed by atoms with van der Waals surface area (Å²) in [6.45, 7) is 1.45. The quantitative estimate of drug-likeness (QED) is 0.774. The van der Waals surface area contributed by atoms with Crippen LogP contribution in [0.5, 0.6) is 0 Å². The van der Waals surface area contributed by atoms with E-state index in [9.17, 15) is 0 Å². The standard InChI is InChI=1S/C9H12N4O/c1-13-3-2-8(6-13)4-10-5-9-11-7-14-12-9/h2-3,6-7,10H,4-5H2,1H3. The van der Waals surface area contributed by atoms with Crippen molar-refractivity contribution in [2.45, 2.75) is 13.1 Å². The van der Waals surface area contributed by atoms with Crippen LogP contribution in [0.2, 0.25) is 0 Å². The van der Waals surface area contributed by atoms with Crippen LogP contribution in [0.3, 0.4) is 0 Å². The lowest BCUT2D eigenvalue weighted by Crippen LogP contribution is -2.13. The molecule has 0 aliphatic heterocycles. The first kappa shape index (κ1) is 8.96. The van der Waals surface area contributed by atoms with Gasteiger partial charge in [-0.3, -0.25) is 0 Å². The van der Waals surface area contributed by atoms with E-state index in [0.29, 0.717) is 12.4 Å². The molecule has 1 N–H and O–H groups in total. The number of aromatic nitrogens is 3. The fourth-order valence-corrected chi connectivity index (χ4v) is 1.25. The van der Waals surface area contributed by atoms with Gasteiger partial charge in [0.05, 0.1) is 6.54 Å². The molecule has 0 aliphatic rings. The maximum absolute atomic E-state index is 4.62. The van der Waals surface area contributed by atoms with E-state index in [1.54, 1.807) is 0 Å². The predicted molar refractivity (Wildman–Crippen MR) is 50.3 cm³/mol. The SMILES string of the molecule is Cn1ccc(CNCc2ncon2)c1. The molecular weight excluding hydrogens is 180 g/mol. The van der Waals surface area contributed by atoms with Gasteiger partial charge in [-0.2, -0.15) is 4.98 Å². The van der Waals surface area contributed by atoms with Crippen LogP contribution in [0.15, 0.2) is 29.4 Å². The van der Waals surface area contributed by atoms with Crippen molar-refractivity contribution in [3.63, 3.8) is 0 Å². The smallest absolute Gasteiger partial charge is 0.213 e. The number of aryl methyl sites for hydroxylation is 1. The Morgan fingerprint density at radius 3 is 3.07 bits per heavy atom. The van der Waals surface area contributed by atoms with Gasteiger partial charge in [0.15, 0.2) is 5.82 Å². The van der Waals surface area contributed by atoms with E-state index in [-0.39, 0.29) is 0 Å². The van der Waals surface area contributed by atoms with Crippen molar-refractivity contribution in [3.05, 3.63) is 36.2 Å². The van der Waals surface area contributed by atoms with Crippen molar-refractivity contribution in [2.24, 2.45) is 7.05 Å². The molecule has 0 aromatic carbocycles. The van der Waals surface area contributed by atoms with Crippen molar-refractivity contribution in [2.75, 3.05) is 0 Å². The van der Waals surface area contributed by atoms with E-state index >= 15 is 0 Å². The lowest BCUT2D eigenvalue weighted by molar-refractivity contribution is 0.407. The largest absolute Gasteiger partial charge is 0.357 e. The fourth-order valence-electron chi connectivity index (χ4n) is 1.25. The summed E-state index contributed by atoms with van der Waals surface area (Å²) in [5.41, 5.74) is 1.25. The van der Waals surface area contributed by atoms with Crippen molar-refractivity contribution < 1.29 is 4.52 Å². The summed E-state index contributed by atoms with van der Waals surface area (Å²) in [6.07, 6.45) is 5.42. The summed E-state index contributed by atoms with van der Waals surface area (Å²) in [5.74, 6) is 0.681. The van der Waals surface area contributed by atoms with Crippen molar-refractivity contribution in [1.29, 1.82) is 0 Å². The molecule has 0 aliphatic carbocycles. The normalized spacial score (nSPS) is 10.6. The first-order chi connectivity index (χ1) is 6.84. The molecule has 0 amide bonds. The molecule has 2 aromatic rings. The first-order valence-corrected chi connectivity index (χ1v) is 4.41. The highest BCUT2D eigenvalue weighted by molar-refractivity contribution is 5.09. The topological polar surface area (TPSA) is 55.9 Å². The summed E-state index contributed by atoms with van der Waals surface area (Å²) < 4.78 is 6.64. The van der Waals surface area contributed by atoms with Gasteiger partial charge in [-0.15, -0.1) is 0 Å². The monoisotopic (exact) mass is 192 g/mol. The highest BCUT2D eigenvalue weighted by atomic mass is 16.5. The van der Waals surface area contributed by atoms with Crippen molar-refractivity contribution in [3.8, 4) is 0 Å². The minimum absolute atomic E-state index is 0.630. The summed E-state index contributed by atoms with van der Waals surface area (Å²) >= 11 is 0. The van der Waals surface area contributed by atoms with Crippen LogP contribution in [-0.4, -0.2) is 14.7 Å². The Balaban J connectivity index is 1.78. The molecule has 5 nitrogen and oxygen atoms in total. The third-order valence-electron chi connectivity index (χ3n) is 1.91. The summed E-state index contributed by atoms with van der Waals surface area (Å²) in [5, 5.41) is 6.92. The molecule has 0 radical (unpaired) electrons. The van der Waals surface area contributed by atoms with Crippen LogP contribution < -0.4 is 5.32 Å². The van der Waals surface area contributed by atoms with E-state index in [4.69, 9.17) is 0 Å². The Labute approximate surface area is 81.7 Å². The molecule has 0 saturated carbocycles. The second-order valence-corrected chi connectivity index (χ2v) is 3.14. The van der Waals surface area contributed by atoms with Crippen LogP contribution in [0.25, 0.3) is 0 Å². The Bertz CT molecular complexity index is 379. The highest BCUT2D eigenvalue weighted by Gasteiger charge is 1.98. The summed E-state index contributed by atoms with van der Waals surface area (Å²) in [7, 11) is 2.00. The zero-order valence-corrected chi connectivity index (χ0v) is 7.97. The summed E-state index contributed by atoms with van der Waals surface area (Å²) in [6, 6.07) is 2.07. The van der Waals surface area contributed by atoms with Gasteiger partial charge in [0.25, 0.3) is 0 Å². The molecule has 14 heavy (non-hydrogen) atoms. The highest BCUT2D eigenvalue weighted by Crippen LogP contribution is 1.98. The number of hydrogen-bond acceptors (Lipinski definition) is 4. The molecule has 0 atom stereocenters. The van der Waals surface area contributed by atoms with Crippen LogP contribution in [0.1, 0.15) is 11.4 Å². The number of nitrogens with one attached hydrogen (secondary N) is 1. The Kier molecular flexibility index (Phi) is 2.60. The lowest BCUT2D eigenvalue weighted by atomic mass is 10.3. The van der Waals surface area contributed by atoms with E-state index in [1.165, 1.54) is 12.0 Å². The van der Waals surface area contributed by atoms with Gasteiger partial charge in [0.1, 0.15) is 0 Å². The molecule has 2 rings (SSSR count). The molecule has 0 bridgehead atoms. The zero-order chi connectivity index (χ0) is 9.80. The average Bonchev–Trinajstić information content (AvgIpc) is 2.77. The number of rotatable bonds is 4. The molecule has 2 aromatic heterocycles. The van der Waals surface area contributed by atoms with E-state index in [1.807, 2.05) is 17.8 Å². The van der Waals surface area contributed by atoms with Crippen LogP contribution in [-0.2, 0) is 20.1 Å². The minimum atomic E-state index is 0.630. The van der Waals surface area contributed by atoms with Gasteiger partial charge in [-0.1, -0.05) is 5.16 Å². The molecule has 0 fully saturated rings. The van der Waals surface area contributed by atoms with E-state index in [0.717, 1.165) is 6.54 Å². The van der Waals surface area contributed by atoms with Crippen LogP contribution >= 0.6 is 0 Å². The van der Waals surface area contributed by atoms with Gasteiger partial charge in [0, 0.05) is 26.0 Å². The molecule has 0 spiro atoms. The lowest BCUT2D eigenvalue weighted by Gasteiger charge is -1.98. The average molecular weight is 192 g/mol. The molecule has 0 saturated heterocycles. The van der Waals surface area contributed by atoms with Crippen LogP contribution in [0, 0.1) is 0 Å². The fraction of sp³-hybridized carbons (Fsp3) is 0.333. The number of hydrogen-bond donors (Lipinski definition) is 1. The van der Waals surface area contributed by atoms with E-state index < -0.39 is 0 Å². The maximum Gasteiger partial charge on any atom is 0.213 e. The predicted octanol–water partition coefficient (Wildman–Crippen LogP) is 0.698. The third kappa shape index (κ3) is 2.20. The zero-order valence-electron chi connectivity index (χ0n) is 7.97. The molecule has 2 heterocycles. The van der Waals surface area contributed by atoms with Gasteiger partial charge in [-0.05, 0) is 11.6 Å². The Morgan fingerprint density at radius 2 is 2.43 bits per heavy atom. The van der Waals surface area contributed by atoms with Crippen molar-refractivity contribution in [1.82, 2.24) is 20.0 Å². The van der Waals surface area contributed by atoms with Gasteiger partial charge < -0.3 is 14.4 Å². The van der Waals surface area contributed by atoms with Gasteiger partial charge in [-0.25, -0.2) is 0 Å². The second kappa shape index (κ2) is 4.06. The first-order valence-electron chi connectivity index (χ1n) is 4.41. The minimum Gasteiger partial charge on any atom is -0.357 e. The molecule has 5 heteroatoms. The molecule has 74 valence electrons. The van der Waals surface area contributed by atoms with Gasteiger partial charge >= 0.3 is 0 Å². The number of nitrogens with zero attached hydrogens (tertiary/aromatic N) is 3.